The molecule has 8 nitrogen and oxygen atoms in total. The lowest BCUT2D eigenvalue weighted by atomic mass is 10.1. The zero-order valence-corrected chi connectivity index (χ0v) is 16.1. The number of halogens is 2. The lowest BCUT2D eigenvalue weighted by Crippen LogP contribution is -2.43. The van der Waals surface area contributed by atoms with E-state index in [-0.39, 0.29) is 12.2 Å². The molecule has 4 rings (SSSR count). The number of amides is 3. The number of anilines is 2. The highest BCUT2D eigenvalue weighted by molar-refractivity contribution is 6.25. The van der Waals surface area contributed by atoms with Gasteiger partial charge in [-0.1, -0.05) is 11.3 Å². The maximum Gasteiger partial charge on any atom is 0.263 e. The number of carbonyl (C=O) groups excluding carboxylic acids is 3. The van der Waals surface area contributed by atoms with Crippen molar-refractivity contribution in [2.24, 2.45) is 10.3 Å². The van der Waals surface area contributed by atoms with Crippen molar-refractivity contribution in [1.82, 2.24) is 5.01 Å². The maximum absolute atomic E-state index is 13.6. The van der Waals surface area contributed by atoms with Gasteiger partial charge >= 0.3 is 0 Å². The van der Waals surface area contributed by atoms with Crippen LogP contribution in [0.4, 0.5) is 20.2 Å². The van der Waals surface area contributed by atoms with Crippen LogP contribution in [0, 0.1) is 25.5 Å². The molecule has 10 heteroatoms. The molecule has 0 aromatic heterocycles. The molecular formula is C20H17F2N5O3. The summed E-state index contributed by atoms with van der Waals surface area (Å²) in [6.45, 7) is 3.50. The lowest BCUT2D eigenvalue weighted by Gasteiger charge is -2.20. The molecular weight excluding hydrogens is 396 g/mol. The van der Waals surface area contributed by atoms with Crippen LogP contribution in [0.3, 0.4) is 0 Å². The van der Waals surface area contributed by atoms with E-state index in [4.69, 9.17) is 0 Å². The molecule has 154 valence electrons. The smallest absolute Gasteiger partial charge is 0.263 e. The first kappa shape index (κ1) is 19.6. The Morgan fingerprint density at radius 1 is 1.03 bits per heavy atom. The number of hydrogen-bond acceptors (Lipinski definition) is 6. The van der Waals surface area contributed by atoms with Crippen LogP contribution in [-0.2, 0) is 14.4 Å². The number of aryl methyl sites for hydroxylation is 2. The third kappa shape index (κ3) is 3.40. The predicted molar refractivity (Wildman–Crippen MR) is 103 cm³/mol. The molecule has 1 saturated heterocycles. The first-order chi connectivity index (χ1) is 14.2. The lowest BCUT2D eigenvalue weighted by molar-refractivity contribution is -0.123. The molecule has 0 unspecified atom stereocenters. The Kier molecular flexibility index (Phi) is 4.76. The van der Waals surface area contributed by atoms with Gasteiger partial charge in [0.1, 0.15) is 6.54 Å². The molecule has 2 aromatic rings. The Balaban J connectivity index is 1.50. The van der Waals surface area contributed by atoms with E-state index in [0.29, 0.717) is 5.69 Å². The van der Waals surface area contributed by atoms with Gasteiger partial charge in [0.2, 0.25) is 5.91 Å². The summed E-state index contributed by atoms with van der Waals surface area (Å²) in [6, 6.07) is 6.03. The largest absolute Gasteiger partial charge is 0.324 e. The normalized spacial score (nSPS) is 20.1. The summed E-state index contributed by atoms with van der Waals surface area (Å²) in [4.78, 5) is 38.6. The van der Waals surface area contributed by atoms with Crippen molar-refractivity contribution >= 4 is 29.1 Å². The zero-order valence-electron chi connectivity index (χ0n) is 16.1. The molecule has 0 radical (unpaired) electrons. The van der Waals surface area contributed by atoms with Crippen molar-refractivity contribution in [3.8, 4) is 0 Å². The van der Waals surface area contributed by atoms with Crippen LogP contribution in [0.15, 0.2) is 46.7 Å². The first-order valence-corrected chi connectivity index (χ1v) is 9.13. The fourth-order valence-corrected chi connectivity index (χ4v) is 3.63. The Bertz CT molecular complexity index is 1080. The van der Waals surface area contributed by atoms with E-state index in [1.807, 2.05) is 19.9 Å². The Hall–Kier alpha value is -3.69. The summed E-state index contributed by atoms with van der Waals surface area (Å²) < 4.78 is 26.8. The van der Waals surface area contributed by atoms with Gasteiger partial charge < -0.3 is 5.32 Å². The van der Waals surface area contributed by atoms with Gasteiger partial charge in [-0.25, -0.2) is 13.7 Å². The molecule has 30 heavy (non-hydrogen) atoms. The van der Waals surface area contributed by atoms with Crippen LogP contribution >= 0.6 is 0 Å². The maximum atomic E-state index is 13.6. The average molecular weight is 413 g/mol. The summed E-state index contributed by atoms with van der Waals surface area (Å²) in [7, 11) is 0. The number of nitrogens with one attached hydrogen (secondary N) is 1. The van der Waals surface area contributed by atoms with Gasteiger partial charge in [-0.05, 0) is 49.2 Å². The topological polar surface area (TPSA) is 94.4 Å². The van der Waals surface area contributed by atoms with Gasteiger partial charge in [-0.15, -0.1) is 0 Å². The Morgan fingerprint density at radius 2 is 1.73 bits per heavy atom. The first-order valence-electron chi connectivity index (χ1n) is 9.13. The second kappa shape index (κ2) is 7.29. The second-order valence-electron chi connectivity index (χ2n) is 7.23. The molecule has 1 fully saturated rings. The SMILES string of the molecule is Cc1cc(C)cc(NC(=O)CN2N=N[C@@H]3C(=O)N(c4ccc(F)c(F)c4)C(=O)[C@@H]32)c1. The number of imide groups is 1. The number of nitrogens with zero attached hydrogens (tertiary/aromatic N) is 4. The summed E-state index contributed by atoms with van der Waals surface area (Å²) in [5.74, 6) is -4.14. The molecule has 0 saturated carbocycles. The number of hydrogen-bond donors (Lipinski definition) is 1. The minimum absolute atomic E-state index is 0.104. The number of benzene rings is 2. The van der Waals surface area contributed by atoms with Crippen LogP contribution in [-0.4, -0.2) is 41.4 Å². The van der Waals surface area contributed by atoms with Crippen LogP contribution in [0.1, 0.15) is 11.1 Å². The molecule has 1 N–H and O–H groups in total. The minimum atomic E-state index is -1.18. The predicted octanol–water partition coefficient (Wildman–Crippen LogP) is 2.51. The third-order valence-corrected chi connectivity index (χ3v) is 4.83. The summed E-state index contributed by atoms with van der Waals surface area (Å²) in [5, 5.41) is 11.5. The molecule has 2 aliphatic heterocycles. The molecule has 2 aliphatic rings. The van der Waals surface area contributed by atoms with Crippen molar-refractivity contribution in [3.05, 3.63) is 59.2 Å². The minimum Gasteiger partial charge on any atom is -0.324 e. The quantitative estimate of drug-likeness (QED) is 0.780. The van der Waals surface area contributed by atoms with Gasteiger partial charge in [0.25, 0.3) is 11.8 Å². The highest BCUT2D eigenvalue weighted by Gasteiger charge is 2.55. The summed E-state index contributed by atoms with van der Waals surface area (Å²) in [5.41, 5.74) is 2.45. The molecule has 0 aliphatic carbocycles. The van der Waals surface area contributed by atoms with Gasteiger partial charge in [-0.2, -0.15) is 5.11 Å². The second-order valence-corrected chi connectivity index (χ2v) is 7.23. The summed E-state index contributed by atoms with van der Waals surface area (Å²) >= 11 is 0. The summed E-state index contributed by atoms with van der Waals surface area (Å²) in [6.07, 6.45) is 0. The highest BCUT2D eigenvalue weighted by Crippen LogP contribution is 2.32. The van der Waals surface area contributed by atoms with Crippen LogP contribution < -0.4 is 10.2 Å². The Morgan fingerprint density at radius 3 is 2.40 bits per heavy atom. The van der Waals surface area contributed by atoms with E-state index >= 15 is 0 Å². The fraction of sp³-hybridized carbons (Fsp3) is 0.250. The molecule has 2 heterocycles. The van der Waals surface area contributed by atoms with E-state index in [1.54, 1.807) is 12.1 Å². The molecule has 3 amide bonds. The van der Waals surface area contributed by atoms with E-state index in [0.717, 1.165) is 39.2 Å². The molecule has 0 bridgehead atoms. The van der Waals surface area contributed by atoms with Gasteiger partial charge in [-0.3, -0.25) is 19.4 Å². The van der Waals surface area contributed by atoms with Crippen molar-refractivity contribution in [3.63, 3.8) is 0 Å². The standard InChI is InChI=1S/C20H17F2N5O3/c1-10-5-11(2)7-12(6-10)23-16(28)9-26-18-17(24-25-26)19(29)27(20(18)30)13-3-4-14(21)15(22)8-13/h3-8,17-18H,9H2,1-2H3,(H,23,28)/t17-,18+/m0/s1. The molecule has 0 spiro atoms. The monoisotopic (exact) mass is 413 g/mol. The number of rotatable bonds is 4. The fourth-order valence-electron chi connectivity index (χ4n) is 3.63. The van der Waals surface area contributed by atoms with Gasteiger partial charge in [0, 0.05) is 11.8 Å². The van der Waals surface area contributed by atoms with E-state index < -0.39 is 41.4 Å². The van der Waals surface area contributed by atoms with Crippen molar-refractivity contribution < 1.29 is 23.2 Å². The van der Waals surface area contributed by atoms with Crippen LogP contribution in [0.25, 0.3) is 0 Å². The van der Waals surface area contributed by atoms with E-state index in [2.05, 4.69) is 15.7 Å². The molecule has 2 aromatic carbocycles. The number of fused-ring (bicyclic) bond motifs is 1. The van der Waals surface area contributed by atoms with Gasteiger partial charge in [0.05, 0.1) is 5.69 Å². The van der Waals surface area contributed by atoms with Crippen molar-refractivity contribution in [1.29, 1.82) is 0 Å². The van der Waals surface area contributed by atoms with E-state index in [9.17, 15) is 23.2 Å². The zero-order chi connectivity index (χ0) is 21.6. The van der Waals surface area contributed by atoms with Crippen molar-refractivity contribution in [2.45, 2.75) is 25.9 Å². The van der Waals surface area contributed by atoms with Crippen molar-refractivity contribution in [2.75, 3.05) is 16.8 Å². The van der Waals surface area contributed by atoms with Gasteiger partial charge in [0.15, 0.2) is 23.7 Å². The highest BCUT2D eigenvalue weighted by atomic mass is 19.2. The van der Waals surface area contributed by atoms with Crippen LogP contribution in [0.5, 0.6) is 0 Å². The Labute approximate surface area is 170 Å². The van der Waals surface area contributed by atoms with E-state index in [1.165, 1.54) is 0 Å². The van der Waals surface area contributed by atoms with Crippen LogP contribution in [0.2, 0.25) is 0 Å². The number of carbonyl (C=O) groups is 3. The molecule has 2 atom stereocenters. The average Bonchev–Trinajstić information content (AvgIpc) is 3.17. The third-order valence-electron chi connectivity index (χ3n) is 4.83.